The highest BCUT2D eigenvalue weighted by Gasteiger charge is 2.12. The number of carbonyl (C=O) groups excluding carboxylic acids is 1. The Morgan fingerprint density at radius 3 is 2.75 bits per heavy atom. The Hall–Kier alpha value is -1.42. The number of rotatable bonds is 2. The average molecular weight is 283 g/mol. The van der Waals surface area contributed by atoms with Crippen molar-refractivity contribution in [2.24, 2.45) is 0 Å². The molecule has 0 radical (unpaired) electrons. The van der Waals surface area contributed by atoms with Crippen molar-refractivity contribution in [3.8, 4) is 11.3 Å². The first kappa shape index (κ1) is 11.1. The summed E-state index contributed by atoms with van der Waals surface area (Å²) in [5.74, 6) is 0.200. The van der Waals surface area contributed by atoms with Crippen LogP contribution in [0.3, 0.4) is 0 Å². The summed E-state index contributed by atoms with van der Waals surface area (Å²) in [6.07, 6.45) is 0.590. The first-order valence-corrected chi connectivity index (χ1v) is 5.42. The predicted octanol–water partition coefficient (Wildman–Crippen LogP) is 3.97. The molecule has 0 amide bonds. The molecule has 82 valence electrons. The fourth-order valence-corrected chi connectivity index (χ4v) is 2.04. The molecule has 1 heterocycles. The molecule has 0 spiro atoms. The van der Waals surface area contributed by atoms with Gasteiger partial charge in [0.25, 0.3) is 0 Å². The number of furan rings is 1. The summed E-state index contributed by atoms with van der Waals surface area (Å²) in [6, 6.07) is 6.39. The molecular formula is C12H8BrFO2. The maximum Gasteiger partial charge on any atom is 0.185 e. The summed E-state index contributed by atoms with van der Waals surface area (Å²) in [6.45, 7) is 1.67. The van der Waals surface area contributed by atoms with E-state index in [0.29, 0.717) is 23.2 Å². The van der Waals surface area contributed by atoms with Crippen molar-refractivity contribution < 1.29 is 13.6 Å². The Labute approximate surface area is 100 Å². The molecule has 0 aliphatic heterocycles. The number of hydrogen-bond donors (Lipinski definition) is 0. The number of aryl methyl sites for hydroxylation is 1. The van der Waals surface area contributed by atoms with Gasteiger partial charge < -0.3 is 4.42 Å². The molecule has 0 unspecified atom stereocenters. The summed E-state index contributed by atoms with van der Waals surface area (Å²) in [7, 11) is 0. The molecule has 0 saturated heterocycles. The third-order valence-corrected chi connectivity index (χ3v) is 2.69. The second-order valence-electron chi connectivity index (χ2n) is 3.40. The molecule has 0 aliphatic carbocycles. The minimum Gasteiger partial charge on any atom is -0.453 e. The van der Waals surface area contributed by atoms with Crippen LogP contribution in [0.1, 0.15) is 16.1 Å². The van der Waals surface area contributed by atoms with E-state index in [-0.39, 0.29) is 11.6 Å². The van der Waals surface area contributed by atoms with Gasteiger partial charge in [-0.1, -0.05) is 15.9 Å². The van der Waals surface area contributed by atoms with Crippen molar-refractivity contribution in [3.63, 3.8) is 0 Å². The van der Waals surface area contributed by atoms with Crippen LogP contribution < -0.4 is 0 Å². The van der Waals surface area contributed by atoms with E-state index in [4.69, 9.17) is 4.42 Å². The summed E-state index contributed by atoms with van der Waals surface area (Å²) in [5.41, 5.74) is 0.869. The summed E-state index contributed by atoms with van der Waals surface area (Å²) in [5, 5.41) is 0. The summed E-state index contributed by atoms with van der Waals surface area (Å²) in [4.78, 5) is 10.5. The number of carbonyl (C=O) groups is 1. The Morgan fingerprint density at radius 2 is 2.12 bits per heavy atom. The van der Waals surface area contributed by atoms with Gasteiger partial charge in [0.2, 0.25) is 0 Å². The Kier molecular flexibility index (Phi) is 2.92. The van der Waals surface area contributed by atoms with E-state index in [2.05, 4.69) is 15.9 Å². The van der Waals surface area contributed by atoms with Crippen LogP contribution in [-0.4, -0.2) is 6.29 Å². The fourth-order valence-electron chi connectivity index (χ4n) is 1.47. The van der Waals surface area contributed by atoms with Crippen LogP contribution in [0.5, 0.6) is 0 Å². The lowest BCUT2D eigenvalue weighted by Crippen LogP contribution is -1.87. The van der Waals surface area contributed by atoms with Crippen LogP contribution in [0.15, 0.2) is 33.2 Å². The van der Waals surface area contributed by atoms with E-state index in [1.54, 1.807) is 25.1 Å². The van der Waals surface area contributed by atoms with Gasteiger partial charge in [0, 0.05) is 4.47 Å². The van der Waals surface area contributed by atoms with Gasteiger partial charge in [-0.3, -0.25) is 4.79 Å². The minimum absolute atomic E-state index is 0.187. The zero-order valence-corrected chi connectivity index (χ0v) is 10.0. The first-order valence-electron chi connectivity index (χ1n) is 4.63. The zero-order valence-electron chi connectivity index (χ0n) is 8.46. The largest absolute Gasteiger partial charge is 0.453 e. The zero-order chi connectivity index (χ0) is 11.7. The van der Waals surface area contributed by atoms with E-state index in [1.165, 1.54) is 6.07 Å². The van der Waals surface area contributed by atoms with Crippen molar-refractivity contribution in [1.29, 1.82) is 0 Å². The SMILES string of the molecule is Cc1cc(Br)cc(-c2ccc(C=O)o2)c1F. The molecule has 0 bridgehead atoms. The standard InChI is InChI=1S/C12H8BrFO2/c1-7-4-8(13)5-10(12(7)14)11-3-2-9(6-15)16-11/h2-6H,1H3. The number of benzene rings is 1. The number of halogens is 2. The van der Waals surface area contributed by atoms with Crippen LogP contribution in [0.2, 0.25) is 0 Å². The maximum atomic E-state index is 13.8. The van der Waals surface area contributed by atoms with Gasteiger partial charge in [0.15, 0.2) is 12.0 Å². The Balaban J connectivity index is 2.58. The lowest BCUT2D eigenvalue weighted by molar-refractivity contribution is 0.110. The van der Waals surface area contributed by atoms with Crippen LogP contribution >= 0.6 is 15.9 Å². The van der Waals surface area contributed by atoms with Crippen LogP contribution in [0.4, 0.5) is 4.39 Å². The highest BCUT2D eigenvalue weighted by Crippen LogP contribution is 2.29. The molecule has 2 nitrogen and oxygen atoms in total. The minimum atomic E-state index is -0.338. The molecule has 0 aliphatic rings. The second-order valence-corrected chi connectivity index (χ2v) is 4.32. The smallest absolute Gasteiger partial charge is 0.185 e. The lowest BCUT2D eigenvalue weighted by atomic mass is 10.1. The molecular weight excluding hydrogens is 275 g/mol. The van der Waals surface area contributed by atoms with Crippen molar-refractivity contribution in [2.45, 2.75) is 6.92 Å². The third-order valence-electron chi connectivity index (χ3n) is 2.23. The average Bonchev–Trinajstić information content (AvgIpc) is 2.71. The van der Waals surface area contributed by atoms with E-state index >= 15 is 0 Å². The van der Waals surface area contributed by atoms with Gasteiger partial charge in [-0.2, -0.15) is 0 Å². The highest BCUT2D eigenvalue weighted by molar-refractivity contribution is 9.10. The quantitative estimate of drug-likeness (QED) is 0.781. The van der Waals surface area contributed by atoms with E-state index in [1.807, 2.05) is 0 Å². The summed E-state index contributed by atoms with van der Waals surface area (Å²) < 4.78 is 19.8. The topological polar surface area (TPSA) is 30.2 Å². The van der Waals surface area contributed by atoms with Crippen molar-refractivity contribution in [3.05, 3.63) is 45.9 Å². The fraction of sp³-hybridized carbons (Fsp3) is 0.0833. The molecule has 0 atom stereocenters. The first-order chi connectivity index (χ1) is 7.61. The van der Waals surface area contributed by atoms with E-state index < -0.39 is 0 Å². The van der Waals surface area contributed by atoms with Crippen molar-refractivity contribution in [2.75, 3.05) is 0 Å². The van der Waals surface area contributed by atoms with Gasteiger partial charge >= 0.3 is 0 Å². The molecule has 0 saturated carbocycles. The molecule has 2 rings (SSSR count). The maximum absolute atomic E-state index is 13.8. The monoisotopic (exact) mass is 282 g/mol. The molecule has 2 aromatic rings. The molecule has 16 heavy (non-hydrogen) atoms. The number of aldehydes is 1. The molecule has 0 N–H and O–H groups in total. The van der Waals surface area contributed by atoms with Crippen LogP contribution in [0.25, 0.3) is 11.3 Å². The van der Waals surface area contributed by atoms with Gasteiger partial charge in [-0.25, -0.2) is 4.39 Å². The van der Waals surface area contributed by atoms with E-state index in [9.17, 15) is 9.18 Å². The summed E-state index contributed by atoms with van der Waals surface area (Å²) >= 11 is 3.29. The second kappa shape index (κ2) is 4.22. The van der Waals surface area contributed by atoms with Gasteiger partial charge in [0.1, 0.15) is 11.6 Å². The van der Waals surface area contributed by atoms with Gasteiger partial charge in [-0.05, 0) is 36.8 Å². The lowest BCUT2D eigenvalue weighted by Gasteiger charge is -2.03. The molecule has 1 aromatic carbocycles. The molecule has 1 aromatic heterocycles. The predicted molar refractivity (Wildman–Crippen MR) is 61.9 cm³/mol. The van der Waals surface area contributed by atoms with Crippen molar-refractivity contribution in [1.82, 2.24) is 0 Å². The number of hydrogen-bond acceptors (Lipinski definition) is 2. The van der Waals surface area contributed by atoms with Gasteiger partial charge in [-0.15, -0.1) is 0 Å². The Bertz CT molecular complexity index is 546. The molecule has 4 heteroatoms. The molecule has 0 fully saturated rings. The Morgan fingerprint density at radius 1 is 1.38 bits per heavy atom. The van der Waals surface area contributed by atoms with Gasteiger partial charge in [0.05, 0.1) is 5.56 Å². The van der Waals surface area contributed by atoms with Crippen LogP contribution in [0, 0.1) is 12.7 Å². The van der Waals surface area contributed by atoms with Crippen molar-refractivity contribution >= 4 is 22.2 Å². The van der Waals surface area contributed by atoms with Crippen LogP contribution in [-0.2, 0) is 0 Å². The highest BCUT2D eigenvalue weighted by atomic mass is 79.9. The normalized spacial score (nSPS) is 10.4. The van der Waals surface area contributed by atoms with E-state index in [0.717, 1.165) is 4.47 Å². The third kappa shape index (κ3) is 1.93.